The molecule has 0 unspecified atom stereocenters. The SMILES string of the molecule is Cc1cccnc1CNC(=O)C1(C#N)CCC1. The van der Waals surface area contributed by atoms with E-state index in [0.29, 0.717) is 19.4 Å². The van der Waals surface area contributed by atoms with Crippen LogP contribution in [-0.4, -0.2) is 10.9 Å². The van der Waals surface area contributed by atoms with E-state index >= 15 is 0 Å². The molecule has 88 valence electrons. The number of carbonyl (C=O) groups excluding carboxylic acids is 1. The van der Waals surface area contributed by atoms with E-state index in [1.165, 1.54) is 0 Å². The Morgan fingerprint density at radius 1 is 1.65 bits per heavy atom. The van der Waals surface area contributed by atoms with Crippen LogP contribution in [0.1, 0.15) is 30.5 Å². The zero-order valence-corrected chi connectivity index (χ0v) is 9.86. The maximum absolute atomic E-state index is 11.9. The summed E-state index contributed by atoms with van der Waals surface area (Å²) >= 11 is 0. The molecule has 1 amide bonds. The van der Waals surface area contributed by atoms with E-state index in [2.05, 4.69) is 16.4 Å². The number of rotatable bonds is 3. The molecule has 0 spiro atoms. The third kappa shape index (κ3) is 2.14. The van der Waals surface area contributed by atoms with Crippen molar-refractivity contribution in [2.75, 3.05) is 0 Å². The smallest absolute Gasteiger partial charge is 0.240 e. The number of aryl methyl sites for hydroxylation is 1. The molecule has 0 aromatic carbocycles. The largest absolute Gasteiger partial charge is 0.349 e. The number of nitriles is 1. The molecule has 1 fully saturated rings. The van der Waals surface area contributed by atoms with Gasteiger partial charge in [-0.2, -0.15) is 5.26 Å². The quantitative estimate of drug-likeness (QED) is 0.857. The third-order valence-corrected chi connectivity index (χ3v) is 3.39. The lowest BCUT2D eigenvalue weighted by Crippen LogP contribution is -2.44. The van der Waals surface area contributed by atoms with Crippen molar-refractivity contribution in [1.82, 2.24) is 10.3 Å². The normalized spacial score (nSPS) is 16.7. The summed E-state index contributed by atoms with van der Waals surface area (Å²) in [7, 11) is 0. The highest BCUT2D eigenvalue weighted by Crippen LogP contribution is 2.40. The molecule has 0 atom stereocenters. The minimum atomic E-state index is -0.775. The second-order valence-corrected chi connectivity index (χ2v) is 4.50. The van der Waals surface area contributed by atoms with Crippen LogP contribution >= 0.6 is 0 Å². The summed E-state index contributed by atoms with van der Waals surface area (Å²) in [6.45, 7) is 2.35. The molecule has 1 aromatic rings. The van der Waals surface area contributed by atoms with Gasteiger partial charge in [0.25, 0.3) is 0 Å². The number of nitrogens with zero attached hydrogens (tertiary/aromatic N) is 2. The molecule has 1 aliphatic carbocycles. The minimum absolute atomic E-state index is 0.156. The number of carbonyl (C=O) groups is 1. The van der Waals surface area contributed by atoms with Crippen LogP contribution in [0.3, 0.4) is 0 Å². The van der Waals surface area contributed by atoms with Gasteiger partial charge in [-0.05, 0) is 37.8 Å². The van der Waals surface area contributed by atoms with E-state index in [1.807, 2.05) is 19.1 Å². The molecule has 1 N–H and O–H groups in total. The molecular weight excluding hydrogens is 214 g/mol. The average Bonchev–Trinajstić information content (AvgIpc) is 2.27. The number of hydrogen-bond donors (Lipinski definition) is 1. The Morgan fingerprint density at radius 2 is 2.41 bits per heavy atom. The first-order valence-corrected chi connectivity index (χ1v) is 5.78. The summed E-state index contributed by atoms with van der Waals surface area (Å²) in [4.78, 5) is 16.1. The van der Waals surface area contributed by atoms with E-state index in [-0.39, 0.29) is 5.91 Å². The van der Waals surface area contributed by atoms with Crippen LogP contribution in [0.2, 0.25) is 0 Å². The van der Waals surface area contributed by atoms with E-state index in [1.54, 1.807) is 6.20 Å². The van der Waals surface area contributed by atoms with E-state index in [9.17, 15) is 4.79 Å². The van der Waals surface area contributed by atoms with E-state index in [0.717, 1.165) is 17.7 Å². The summed E-state index contributed by atoms with van der Waals surface area (Å²) in [6, 6.07) is 5.95. The highest BCUT2D eigenvalue weighted by Gasteiger charge is 2.44. The Kier molecular flexibility index (Phi) is 3.10. The van der Waals surface area contributed by atoms with Crippen molar-refractivity contribution < 1.29 is 4.79 Å². The summed E-state index contributed by atoms with van der Waals surface area (Å²) in [5.74, 6) is -0.156. The number of pyridine rings is 1. The van der Waals surface area contributed by atoms with Gasteiger partial charge >= 0.3 is 0 Å². The first-order chi connectivity index (χ1) is 8.18. The van der Waals surface area contributed by atoms with Gasteiger partial charge in [0, 0.05) is 6.20 Å². The predicted molar refractivity (Wildman–Crippen MR) is 62.7 cm³/mol. The molecular formula is C13H15N3O. The fourth-order valence-electron chi connectivity index (χ4n) is 1.96. The van der Waals surface area contributed by atoms with Crippen LogP contribution < -0.4 is 5.32 Å². The van der Waals surface area contributed by atoms with Crippen molar-refractivity contribution in [2.24, 2.45) is 5.41 Å². The van der Waals surface area contributed by atoms with Gasteiger partial charge in [-0.1, -0.05) is 6.07 Å². The van der Waals surface area contributed by atoms with Gasteiger partial charge in [0.05, 0.1) is 18.3 Å². The monoisotopic (exact) mass is 229 g/mol. The maximum atomic E-state index is 11.9. The minimum Gasteiger partial charge on any atom is -0.349 e. The number of nitrogens with one attached hydrogen (secondary N) is 1. The summed E-state index contributed by atoms with van der Waals surface area (Å²) < 4.78 is 0. The second kappa shape index (κ2) is 4.54. The summed E-state index contributed by atoms with van der Waals surface area (Å²) in [5.41, 5.74) is 1.13. The van der Waals surface area contributed by atoms with Crippen molar-refractivity contribution in [2.45, 2.75) is 32.7 Å². The fraction of sp³-hybridized carbons (Fsp3) is 0.462. The van der Waals surface area contributed by atoms with Crippen LogP contribution in [-0.2, 0) is 11.3 Å². The molecule has 0 bridgehead atoms. The lowest BCUT2D eigenvalue weighted by molar-refractivity contribution is -0.131. The Labute approximate surface area is 101 Å². The summed E-state index contributed by atoms with van der Waals surface area (Å²) in [5, 5.41) is 11.8. The van der Waals surface area contributed by atoms with Crippen LogP contribution in [0.15, 0.2) is 18.3 Å². The lowest BCUT2D eigenvalue weighted by atomic mass is 9.69. The van der Waals surface area contributed by atoms with Gasteiger partial charge in [0.15, 0.2) is 0 Å². The Hall–Kier alpha value is -1.89. The van der Waals surface area contributed by atoms with Gasteiger partial charge in [0.2, 0.25) is 5.91 Å². The molecule has 1 aromatic heterocycles. The van der Waals surface area contributed by atoms with Gasteiger partial charge in [-0.25, -0.2) is 0 Å². The van der Waals surface area contributed by atoms with Crippen LogP contribution in [0.5, 0.6) is 0 Å². The number of aromatic nitrogens is 1. The average molecular weight is 229 g/mol. The van der Waals surface area contributed by atoms with Crippen molar-refractivity contribution in [3.63, 3.8) is 0 Å². The summed E-state index contributed by atoms with van der Waals surface area (Å²) in [6.07, 6.45) is 4.02. The first kappa shape index (κ1) is 11.6. The highest BCUT2D eigenvalue weighted by molar-refractivity contribution is 5.86. The van der Waals surface area contributed by atoms with E-state index in [4.69, 9.17) is 5.26 Å². The zero-order valence-electron chi connectivity index (χ0n) is 9.86. The van der Waals surface area contributed by atoms with Gasteiger partial charge in [-0.3, -0.25) is 9.78 Å². The molecule has 0 radical (unpaired) electrons. The van der Waals surface area contributed by atoms with E-state index < -0.39 is 5.41 Å². The Bertz CT molecular complexity index is 472. The third-order valence-electron chi connectivity index (χ3n) is 3.39. The topological polar surface area (TPSA) is 65.8 Å². The van der Waals surface area contributed by atoms with Crippen LogP contribution in [0, 0.1) is 23.7 Å². The maximum Gasteiger partial charge on any atom is 0.240 e. The molecule has 1 aliphatic rings. The molecule has 0 saturated heterocycles. The Morgan fingerprint density at radius 3 is 2.94 bits per heavy atom. The Balaban J connectivity index is 1.98. The fourth-order valence-corrected chi connectivity index (χ4v) is 1.96. The standard InChI is InChI=1S/C13H15N3O/c1-10-4-2-7-15-11(10)8-16-12(17)13(9-14)5-3-6-13/h2,4,7H,3,5-6,8H2,1H3,(H,16,17). The van der Waals surface area contributed by atoms with Crippen molar-refractivity contribution in [1.29, 1.82) is 5.26 Å². The molecule has 17 heavy (non-hydrogen) atoms. The lowest BCUT2D eigenvalue weighted by Gasteiger charge is -2.33. The van der Waals surface area contributed by atoms with Gasteiger partial charge in [0.1, 0.15) is 5.41 Å². The molecule has 0 aliphatic heterocycles. The molecule has 4 nitrogen and oxygen atoms in total. The molecule has 1 heterocycles. The predicted octanol–water partition coefficient (Wildman–Crippen LogP) is 1.70. The second-order valence-electron chi connectivity index (χ2n) is 4.50. The van der Waals surface area contributed by atoms with Crippen molar-refractivity contribution in [3.8, 4) is 6.07 Å². The van der Waals surface area contributed by atoms with Gasteiger partial charge in [-0.15, -0.1) is 0 Å². The van der Waals surface area contributed by atoms with Crippen LogP contribution in [0.25, 0.3) is 0 Å². The number of amides is 1. The van der Waals surface area contributed by atoms with Gasteiger partial charge < -0.3 is 5.32 Å². The van der Waals surface area contributed by atoms with Crippen molar-refractivity contribution in [3.05, 3.63) is 29.6 Å². The van der Waals surface area contributed by atoms with Crippen molar-refractivity contribution >= 4 is 5.91 Å². The molecule has 1 saturated carbocycles. The van der Waals surface area contributed by atoms with Crippen LogP contribution in [0.4, 0.5) is 0 Å². The first-order valence-electron chi connectivity index (χ1n) is 5.78. The highest BCUT2D eigenvalue weighted by atomic mass is 16.2. The number of hydrogen-bond acceptors (Lipinski definition) is 3. The molecule has 4 heteroatoms. The zero-order chi connectivity index (χ0) is 12.3. The molecule has 2 rings (SSSR count).